The molecule has 0 unspecified atom stereocenters. The van der Waals surface area contributed by atoms with Crippen molar-refractivity contribution in [2.24, 2.45) is 5.92 Å². The molecule has 1 aliphatic heterocycles. The van der Waals surface area contributed by atoms with Crippen LogP contribution in [0.5, 0.6) is 0 Å². The maximum atomic E-state index is 4.59. The van der Waals surface area contributed by atoms with Gasteiger partial charge in [0.15, 0.2) is 0 Å². The third-order valence-corrected chi connectivity index (χ3v) is 4.56. The zero-order valence-electron chi connectivity index (χ0n) is 12.4. The Hall–Kier alpha value is -0.540. The van der Waals surface area contributed by atoms with Gasteiger partial charge in [-0.3, -0.25) is 4.90 Å². The third kappa shape index (κ3) is 3.96. The Morgan fingerprint density at radius 1 is 1.42 bits per heavy atom. The number of nitrogens with zero attached hydrogens (tertiary/aromatic N) is 2. The summed E-state index contributed by atoms with van der Waals surface area (Å²) in [7, 11) is 0. The van der Waals surface area contributed by atoms with E-state index >= 15 is 0 Å². The summed E-state index contributed by atoms with van der Waals surface area (Å²) >= 11 is 1.88. The number of rotatable bonds is 5. The standard InChI is InChI=1S/C16H26N2S/c1-4-19-16-14(8-7-10-17-16)15-9-5-6-11-18(15)12-13(2)3/h7-8,10,13,15H,4-6,9,11-12H2,1-3H3/t15-/m0/s1. The predicted octanol–water partition coefficient (Wildman–Crippen LogP) is 4.38. The first kappa shape index (κ1) is 14.9. The van der Waals surface area contributed by atoms with E-state index in [9.17, 15) is 0 Å². The Balaban J connectivity index is 2.21. The lowest BCUT2D eigenvalue weighted by atomic mass is 9.95. The summed E-state index contributed by atoms with van der Waals surface area (Å²) in [5.74, 6) is 1.83. The third-order valence-electron chi connectivity index (χ3n) is 3.65. The van der Waals surface area contributed by atoms with Crippen LogP contribution >= 0.6 is 11.8 Å². The molecule has 2 rings (SSSR count). The summed E-state index contributed by atoms with van der Waals surface area (Å²) in [6.45, 7) is 9.28. The lowest BCUT2D eigenvalue weighted by molar-refractivity contribution is 0.130. The Morgan fingerprint density at radius 2 is 2.26 bits per heavy atom. The molecule has 3 heteroatoms. The highest BCUT2D eigenvalue weighted by Crippen LogP contribution is 2.35. The first-order valence-corrected chi connectivity index (χ1v) is 8.52. The van der Waals surface area contributed by atoms with Gasteiger partial charge in [-0.25, -0.2) is 4.98 Å². The lowest BCUT2D eigenvalue weighted by Crippen LogP contribution is -2.36. The van der Waals surface area contributed by atoms with Gasteiger partial charge in [0, 0.05) is 24.3 Å². The van der Waals surface area contributed by atoms with Gasteiger partial charge in [0.2, 0.25) is 0 Å². The van der Waals surface area contributed by atoms with Crippen molar-refractivity contribution in [3.8, 4) is 0 Å². The van der Waals surface area contributed by atoms with E-state index in [-0.39, 0.29) is 0 Å². The van der Waals surface area contributed by atoms with Gasteiger partial charge < -0.3 is 0 Å². The molecule has 0 spiro atoms. The normalized spacial score (nSPS) is 20.9. The minimum Gasteiger partial charge on any atom is -0.296 e. The van der Waals surface area contributed by atoms with E-state index in [2.05, 4.69) is 42.8 Å². The summed E-state index contributed by atoms with van der Waals surface area (Å²) in [6.07, 6.45) is 5.91. The fraction of sp³-hybridized carbons (Fsp3) is 0.688. The maximum Gasteiger partial charge on any atom is 0.101 e. The minimum atomic E-state index is 0.582. The number of likely N-dealkylation sites (tertiary alicyclic amines) is 1. The van der Waals surface area contributed by atoms with E-state index in [1.807, 2.05) is 18.0 Å². The molecule has 0 saturated carbocycles. The predicted molar refractivity (Wildman–Crippen MR) is 83.6 cm³/mol. The number of hydrogen-bond donors (Lipinski definition) is 0. The first-order chi connectivity index (χ1) is 9.22. The van der Waals surface area contributed by atoms with Crippen molar-refractivity contribution < 1.29 is 0 Å². The SMILES string of the molecule is CCSc1ncccc1[C@@H]1CCCCN1CC(C)C. The fourth-order valence-electron chi connectivity index (χ4n) is 2.94. The second kappa shape index (κ2) is 7.30. The second-order valence-electron chi connectivity index (χ2n) is 5.73. The van der Waals surface area contributed by atoms with Crippen LogP contribution in [-0.4, -0.2) is 28.7 Å². The Labute approximate surface area is 122 Å². The molecule has 0 radical (unpaired) electrons. The first-order valence-electron chi connectivity index (χ1n) is 7.54. The molecule has 19 heavy (non-hydrogen) atoms. The summed E-state index contributed by atoms with van der Waals surface area (Å²) in [5.41, 5.74) is 1.45. The summed E-state index contributed by atoms with van der Waals surface area (Å²) in [5, 5.41) is 1.24. The van der Waals surface area contributed by atoms with Crippen molar-refractivity contribution in [1.82, 2.24) is 9.88 Å². The number of pyridine rings is 1. The highest BCUT2D eigenvalue weighted by Gasteiger charge is 2.26. The van der Waals surface area contributed by atoms with Gasteiger partial charge in [-0.15, -0.1) is 11.8 Å². The van der Waals surface area contributed by atoms with E-state index < -0.39 is 0 Å². The smallest absolute Gasteiger partial charge is 0.101 e. The molecule has 1 aromatic heterocycles. The van der Waals surface area contributed by atoms with Crippen LogP contribution in [0.3, 0.4) is 0 Å². The van der Waals surface area contributed by atoms with Crippen molar-refractivity contribution in [2.45, 2.75) is 51.1 Å². The van der Waals surface area contributed by atoms with E-state index in [1.54, 1.807) is 0 Å². The molecular weight excluding hydrogens is 252 g/mol. The van der Waals surface area contributed by atoms with Crippen LogP contribution in [0.25, 0.3) is 0 Å². The van der Waals surface area contributed by atoms with Crippen LogP contribution in [-0.2, 0) is 0 Å². The van der Waals surface area contributed by atoms with Crippen LogP contribution in [0.4, 0.5) is 0 Å². The van der Waals surface area contributed by atoms with Crippen molar-refractivity contribution in [3.05, 3.63) is 23.9 Å². The Kier molecular flexibility index (Phi) is 5.71. The molecule has 0 bridgehead atoms. The Morgan fingerprint density at radius 3 is 3.00 bits per heavy atom. The molecule has 2 heterocycles. The van der Waals surface area contributed by atoms with Gasteiger partial charge in [0.25, 0.3) is 0 Å². The van der Waals surface area contributed by atoms with E-state index in [0.717, 1.165) is 11.7 Å². The number of thioether (sulfide) groups is 1. The quantitative estimate of drug-likeness (QED) is 0.744. The van der Waals surface area contributed by atoms with Crippen LogP contribution in [0.15, 0.2) is 23.4 Å². The molecule has 1 aliphatic rings. The number of aromatic nitrogens is 1. The van der Waals surface area contributed by atoms with Crippen molar-refractivity contribution in [1.29, 1.82) is 0 Å². The van der Waals surface area contributed by atoms with Crippen LogP contribution < -0.4 is 0 Å². The van der Waals surface area contributed by atoms with Crippen LogP contribution in [0, 0.1) is 5.92 Å². The fourth-order valence-corrected chi connectivity index (χ4v) is 3.72. The topological polar surface area (TPSA) is 16.1 Å². The van der Waals surface area contributed by atoms with E-state index in [4.69, 9.17) is 0 Å². The summed E-state index contributed by atoms with van der Waals surface area (Å²) in [4.78, 5) is 7.27. The molecule has 1 saturated heterocycles. The number of hydrogen-bond acceptors (Lipinski definition) is 3. The van der Waals surface area contributed by atoms with Gasteiger partial charge >= 0.3 is 0 Å². The second-order valence-corrected chi connectivity index (χ2v) is 6.98. The summed E-state index contributed by atoms with van der Waals surface area (Å²) in [6, 6.07) is 4.96. The molecule has 106 valence electrons. The monoisotopic (exact) mass is 278 g/mol. The highest BCUT2D eigenvalue weighted by molar-refractivity contribution is 7.99. The van der Waals surface area contributed by atoms with Gasteiger partial charge in [-0.05, 0) is 37.1 Å². The zero-order valence-corrected chi connectivity index (χ0v) is 13.2. The lowest BCUT2D eigenvalue weighted by Gasteiger charge is -2.37. The van der Waals surface area contributed by atoms with Gasteiger partial charge in [-0.1, -0.05) is 33.3 Å². The largest absolute Gasteiger partial charge is 0.296 e. The summed E-state index contributed by atoms with van der Waals surface area (Å²) < 4.78 is 0. The molecule has 0 aromatic carbocycles. The van der Waals surface area contributed by atoms with Crippen LogP contribution in [0.1, 0.15) is 51.6 Å². The van der Waals surface area contributed by atoms with Gasteiger partial charge in [-0.2, -0.15) is 0 Å². The molecule has 1 fully saturated rings. The van der Waals surface area contributed by atoms with Crippen LogP contribution in [0.2, 0.25) is 0 Å². The maximum absolute atomic E-state index is 4.59. The average Bonchev–Trinajstić information content (AvgIpc) is 2.40. The van der Waals surface area contributed by atoms with Crippen molar-refractivity contribution in [2.75, 3.05) is 18.8 Å². The average molecular weight is 278 g/mol. The van der Waals surface area contributed by atoms with Gasteiger partial charge in [0.1, 0.15) is 5.03 Å². The molecular formula is C16H26N2S. The molecule has 1 atom stereocenters. The molecule has 2 nitrogen and oxygen atoms in total. The Bertz CT molecular complexity index is 392. The van der Waals surface area contributed by atoms with E-state index in [1.165, 1.54) is 42.9 Å². The minimum absolute atomic E-state index is 0.582. The van der Waals surface area contributed by atoms with Gasteiger partial charge in [0.05, 0.1) is 0 Å². The van der Waals surface area contributed by atoms with Crippen molar-refractivity contribution in [3.63, 3.8) is 0 Å². The zero-order chi connectivity index (χ0) is 13.7. The molecule has 1 aromatic rings. The molecule has 0 aliphatic carbocycles. The molecule has 0 amide bonds. The highest BCUT2D eigenvalue weighted by atomic mass is 32.2. The van der Waals surface area contributed by atoms with E-state index in [0.29, 0.717) is 6.04 Å². The van der Waals surface area contributed by atoms with Crippen molar-refractivity contribution >= 4 is 11.8 Å². The molecule has 0 N–H and O–H groups in total. The number of piperidine rings is 1.